The second-order valence-electron chi connectivity index (χ2n) is 6.02. The van der Waals surface area contributed by atoms with Crippen molar-refractivity contribution in [2.45, 2.75) is 20.0 Å². The molecule has 0 bridgehead atoms. The number of rotatable bonds is 5. The van der Waals surface area contributed by atoms with E-state index >= 15 is 0 Å². The van der Waals surface area contributed by atoms with E-state index in [-0.39, 0.29) is 17.6 Å². The van der Waals surface area contributed by atoms with Crippen LogP contribution in [0.5, 0.6) is 0 Å². The van der Waals surface area contributed by atoms with Gasteiger partial charge in [0.15, 0.2) is 5.84 Å². The molecule has 10 heteroatoms. The number of carboxylic acid groups (broad SMARTS) is 1. The highest BCUT2D eigenvalue weighted by Gasteiger charge is 2.21. The Bertz CT molecular complexity index is 1080. The first-order valence-corrected chi connectivity index (χ1v) is 8.87. The summed E-state index contributed by atoms with van der Waals surface area (Å²) in [4.78, 5) is 27.5. The number of imidazole rings is 1. The molecule has 1 unspecified atom stereocenters. The van der Waals surface area contributed by atoms with Crippen molar-refractivity contribution < 1.29 is 14.6 Å². The molecule has 0 aliphatic rings. The molecule has 3 aromatic rings. The number of halogens is 1. The van der Waals surface area contributed by atoms with Gasteiger partial charge in [0.2, 0.25) is 0 Å². The highest BCUT2D eigenvalue weighted by Crippen LogP contribution is 2.31. The third kappa shape index (κ3) is 3.80. The van der Waals surface area contributed by atoms with Crippen LogP contribution < -0.4 is 5.73 Å². The summed E-state index contributed by atoms with van der Waals surface area (Å²) >= 11 is 6.09. The minimum atomic E-state index is -1.41. The zero-order chi connectivity index (χ0) is 20.4. The van der Waals surface area contributed by atoms with E-state index in [1.165, 1.54) is 6.20 Å². The third-order valence-electron chi connectivity index (χ3n) is 4.12. The van der Waals surface area contributed by atoms with Crippen molar-refractivity contribution in [3.63, 3.8) is 0 Å². The monoisotopic (exact) mass is 402 g/mol. The van der Waals surface area contributed by atoms with Gasteiger partial charge in [0.05, 0.1) is 21.7 Å². The van der Waals surface area contributed by atoms with Crippen molar-refractivity contribution in [3.8, 4) is 11.3 Å². The number of nitrogens with two attached hydrogens (primary N) is 1. The first kappa shape index (κ1) is 19.7. The van der Waals surface area contributed by atoms with Crippen molar-refractivity contribution in [1.29, 1.82) is 0 Å². The summed E-state index contributed by atoms with van der Waals surface area (Å²) in [6, 6.07) is 3.31. The number of aliphatic imine (C=N–C) groups is 1. The summed E-state index contributed by atoms with van der Waals surface area (Å²) in [6.45, 7) is 4.35. The van der Waals surface area contributed by atoms with Crippen LogP contribution in [0.25, 0.3) is 22.3 Å². The maximum atomic E-state index is 10.9. The number of aryl methyl sites for hydroxylation is 1. The Balaban J connectivity index is 2.32. The van der Waals surface area contributed by atoms with Crippen molar-refractivity contribution in [3.05, 3.63) is 41.1 Å². The van der Waals surface area contributed by atoms with E-state index in [1.54, 1.807) is 18.3 Å². The van der Waals surface area contributed by atoms with Gasteiger partial charge in [0, 0.05) is 31.6 Å². The number of pyridine rings is 2. The Labute approximate surface area is 165 Å². The molecule has 28 heavy (non-hydrogen) atoms. The zero-order valence-corrected chi connectivity index (χ0v) is 16.3. The van der Waals surface area contributed by atoms with Crippen LogP contribution in [0.1, 0.15) is 31.5 Å². The number of carbonyl (C=O) groups is 1. The molecule has 0 fully saturated rings. The van der Waals surface area contributed by atoms with Gasteiger partial charge in [-0.25, -0.2) is 14.8 Å². The maximum absolute atomic E-state index is 10.9. The molecule has 9 nitrogen and oxygen atoms in total. The first-order chi connectivity index (χ1) is 13.3. The van der Waals surface area contributed by atoms with Gasteiger partial charge in [-0.2, -0.15) is 4.99 Å². The lowest BCUT2D eigenvalue weighted by Gasteiger charge is -2.12. The topological polar surface area (TPSA) is 129 Å². The lowest BCUT2D eigenvalue weighted by atomic mass is 10.1. The highest BCUT2D eigenvalue weighted by molar-refractivity contribution is 6.30. The quantitative estimate of drug-likeness (QED) is 0.495. The number of hydrogen-bond donors (Lipinski definition) is 2. The molecular formula is C18H19ClN6O3. The number of nitrogens with zero attached hydrogens (tertiary/aromatic N) is 5. The van der Waals surface area contributed by atoms with Crippen molar-refractivity contribution in [2.24, 2.45) is 17.8 Å². The van der Waals surface area contributed by atoms with Crippen LogP contribution in [-0.4, -0.2) is 43.2 Å². The number of amidine groups is 1. The molecule has 1 atom stereocenters. The maximum Gasteiger partial charge on any atom is 0.433 e. The lowest BCUT2D eigenvalue weighted by Crippen LogP contribution is -2.17. The smallest absolute Gasteiger partial charge is 0.433 e. The van der Waals surface area contributed by atoms with E-state index < -0.39 is 6.09 Å². The summed E-state index contributed by atoms with van der Waals surface area (Å²) in [7, 11) is 1.86. The van der Waals surface area contributed by atoms with Crippen LogP contribution >= 0.6 is 11.6 Å². The minimum Gasteiger partial charge on any atom is -0.463 e. The molecule has 0 spiro atoms. The first-order valence-electron chi connectivity index (χ1n) is 8.49. The molecule has 146 valence electrons. The fourth-order valence-electron chi connectivity index (χ4n) is 2.98. The molecule has 3 aromatic heterocycles. The Morgan fingerprint density at radius 2 is 2.14 bits per heavy atom. The van der Waals surface area contributed by atoms with Gasteiger partial charge in [-0.1, -0.05) is 11.6 Å². The molecule has 1 amide bonds. The van der Waals surface area contributed by atoms with Crippen LogP contribution in [-0.2, 0) is 11.8 Å². The van der Waals surface area contributed by atoms with Crippen LogP contribution in [0.4, 0.5) is 4.79 Å². The van der Waals surface area contributed by atoms with Gasteiger partial charge < -0.3 is 20.1 Å². The van der Waals surface area contributed by atoms with Gasteiger partial charge >= 0.3 is 6.09 Å². The van der Waals surface area contributed by atoms with Crippen LogP contribution in [0, 0.1) is 0 Å². The van der Waals surface area contributed by atoms with E-state index in [0.29, 0.717) is 34.2 Å². The summed E-state index contributed by atoms with van der Waals surface area (Å²) < 4.78 is 7.55. The molecule has 0 aliphatic carbocycles. The molecule has 3 rings (SSSR count). The molecule has 0 saturated carbocycles. The van der Waals surface area contributed by atoms with E-state index in [1.807, 2.05) is 25.5 Å². The Morgan fingerprint density at radius 1 is 1.39 bits per heavy atom. The zero-order valence-electron chi connectivity index (χ0n) is 15.5. The Morgan fingerprint density at radius 3 is 2.79 bits per heavy atom. The molecule has 0 aliphatic heterocycles. The average Bonchev–Trinajstić information content (AvgIpc) is 2.97. The van der Waals surface area contributed by atoms with Crippen molar-refractivity contribution in [2.75, 3.05) is 6.61 Å². The number of ether oxygens (including phenoxy) is 1. The number of hydrogen-bond acceptors (Lipinski definition) is 5. The van der Waals surface area contributed by atoms with Crippen molar-refractivity contribution >= 4 is 34.6 Å². The largest absolute Gasteiger partial charge is 0.463 e. The molecule has 3 N–H and O–H groups in total. The van der Waals surface area contributed by atoms with Gasteiger partial charge in [0.25, 0.3) is 0 Å². The van der Waals surface area contributed by atoms with Gasteiger partial charge in [-0.05, 0) is 26.0 Å². The molecule has 0 aromatic carbocycles. The molecule has 3 heterocycles. The SMILES string of the molecule is CCOC(C)c1nc2cc(/C(N)=N/C(=O)O)nc(-c3cncc(Cl)c3)c2n1C. The fraction of sp³-hybridized carbons (Fsp3) is 0.278. The van der Waals surface area contributed by atoms with Crippen LogP contribution in [0.15, 0.2) is 29.5 Å². The summed E-state index contributed by atoms with van der Waals surface area (Å²) in [6.07, 6.45) is 1.47. The summed E-state index contributed by atoms with van der Waals surface area (Å²) in [5, 5.41) is 9.34. The van der Waals surface area contributed by atoms with E-state index in [0.717, 1.165) is 5.52 Å². The second kappa shape index (κ2) is 7.91. The average molecular weight is 403 g/mol. The highest BCUT2D eigenvalue weighted by atomic mass is 35.5. The van der Waals surface area contributed by atoms with Crippen LogP contribution in [0.2, 0.25) is 5.02 Å². The standard InChI is InChI=1S/C18H19ClN6O3/c1-4-28-9(2)17-23-12-6-13(16(20)24-18(26)27)22-14(15(12)25(17)3)10-5-11(19)8-21-7-10/h5-9H,4H2,1-3H3,(H2,20,24)(H,26,27). The van der Waals surface area contributed by atoms with Crippen molar-refractivity contribution in [1.82, 2.24) is 19.5 Å². The predicted octanol–water partition coefficient (Wildman–Crippen LogP) is 3.16. The predicted molar refractivity (Wildman–Crippen MR) is 106 cm³/mol. The van der Waals surface area contributed by atoms with E-state index in [2.05, 4.69) is 19.9 Å². The van der Waals surface area contributed by atoms with Gasteiger partial charge in [-0.15, -0.1) is 0 Å². The summed E-state index contributed by atoms with van der Waals surface area (Å²) in [5.41, 5.74) is 8.46. The minimum absolute atomic E-state index is 0.193. The van der Waals surface area contributed by atoms with E-state index in [4.69, 9.17) is 27.2 Å². The fourth-order valence-corrected chi connectivity index (χ4v) is 3.15. The molecular weight excluding hydrogens is 384 g/mol. The van der Waals surface area contributed by atoms with E-state index in [9.17, 15) is 4.79 Å². The number of fused-ring (bicyclic) bond motifs is 1. The number of amides is 1. The lowest BCUT2D eigenvalue weighted by molar-refractivity contribution is 0.0685. The normalized spacial score (nSPS) is 13.1. The molecule has 0 radical (unpaired) electrons. The van der Waals surface area contributed by atoms with Crippen LogP contribution in [0.3, 0.4) is 0 Å². The number of aromatic nitrogens is 4. The Kier molecular flexibility index (Phi) is 5.57. The molecule has 0 saturated heterocycles. The van der Waals surface area contributed by atoms with Gasteiger partial charge in [0.1, 0.15) is 17.6 Å². The van der Waals surface area contributed by atoms with Gasteiger partial charge in [-0.3, -0.25) is 4.98 Å². The third-order valence-corrected chi connectivity index (χ3v) is 4.33. The second-order valence-corrected chi connectivity index (χ2v) is 6.46. The summed E-state index contributed by atoms with van der Waals surface area (Å²) in [5.74, 6) is 0.469. The Hall–Kier alpha value is -3.04.